The van der Waals surface area contributed by atoms with Gasteiger partial charge in [-0.25, -0.2) is 4.98 Å². The van der Waals surface area contributed by atoms with E-state index in [0.717, 1.165) is 26.1 Å². The lowest BCUT2D eigenvalue weighted by molar-refractivity contribution is 0.425. The van der Waals surface area contributed by atoms with Crippen molar-refractivity contribution in [3.63, 3.8) is 0 Å². The molecule has 5 heteroatoms. The highest BCUT2D eigenvalue weighted by Crippen LogP contribution is 2.30. The molecular formula is C15H27N3S2. The molecule has 2 heterocycles. The van der Waals surface area contributed by atoms with Crippen molar-refractivity contribution >= 4 is 28.2 Å². The van der Waals surface area contributed by atoms with Gasteiger partial charge in [-0.3, -0.25) is 0 Å². The fraction of sp³-hybridized carbons (Fsp3) is 0.800. The number of hydrogen-bond donors (Lipinski definition) is 1. The maximum absolute atomic E-state index is 4.88. The molecule has 1 N–H and O–H groups in total. The Kier molecular flexibility index (Phi) is 5.37. The van der Waals surface area contributed by atoms with E-state index in [1.54, 1.807) is 0 Å². The Bertz CT molecular complexity index is 437. The summed E-state index contributed by atoms with van der Waals surface area (Å²) in [4.78, 5) is 8.75. The topological polar surface area (TPSA) is 28.2 Å². The molecule has 1 unspecified atom stereocenters. The van der Waals surface area contributed by atoms with E-state index < -0.39 is 0 Å². The van der Waals surface area contributed by atoms with Crippen LogP contribution >= 0.6 is 23.1 Å². The monoisotopic (exact) mass is 313 g/mol. The number of hydrogen-bond acceptors (Lipinski definition) is 5. The molecule has 0 spiro atoms. The molecule has 1 fully saturated rings. The summed E-state index contributed by atoms with van der Waals surface area (Å²) >= 11 is 3.95. The first-order chi connectivity index (χ1) is 9.39. The average molecular weight is 314 g/mol. The smallest absolute Gasteiger partial charge is 0.185 e. The van der Waals surface area contributed by atoms with Gasteiger partial charge in [0.25, 0.3) is 0 Å². The van der Waals surface area contributed by atoms with Crippen molar-refractivity contribution in [2.24, 2.45) is 0 Å². The molecule has 20 heavy (non-hydrogen) atoms. The molecule has 1 aliphatic rings. The Morgan fingerprint density at radius 2 is 2.15 bits per heavy atom. The normalized spacial score (nSPS) is 20.4. The molecule has 1 aromatic heterocycles. The highest BCUT2D eigenvalue weighted by atomic mass is 32.2. The Morgan fingerprint density at radius 3 is 2.75 bits per heavy atom. The number of nitrogens with zero attached hydrogens (tertiary/aromatic N) is 2. The SMILES string of the molecule is CCc1nc(N2CCSC(C)C2)sc1CNC(C)(C)C. The van der Waals surface area contributed by atoms with E-state index in [0.29, 0.717) is 5.25 Å². The highest BCUT2D eigenvalue weighted by Gasteiger charge is 2.21. The fourth-order valence-corrected chi connectivity index (χ4v) is 4.39. The summed E-state index contributed by atoms with van der Waals surface area (Å²) in [5, 5.41) is 5.52. The van der Waals surface area contributed by atoms with Crippen LogP contribution in [0.25, 0.3) is 0 Å². The quantitative estimate of drug-likeness (QED) is 0.920. The van der Waals surface area contributed by atoms with E-state index in [4.69, 9.17) is 4.98 Å². The van der Waals surface area contributed by atoms with Crippen molar-refractivity contribution in [1.29, 1.82) is 0 Å². The van der Waals surface area contributed by atoms with Crippen LogP contribution < -0.4 is 10.2 Å². The van der Waals surface area contributed by atoms with E-state index in [1.807, 2.05) is 11.3 Å². The summed E-state index contributed by atoms with van der Waals surface area (Å²) in [7, 11) is 0. The van der Waals surface area contributed by atoms with Crippen LogP contribution in [-0.4, -0.2) is 34.6 Å². The Labute approximate surface area is 131 Å². The second kappa shape index (κ2) is 6.67. The first-order valence-electron chi connectivity index (χ1n) is 7.49. The molecule has 0 aromatic carbocycles. The second-order valence-corrected chi connectivity index (χ2v) is 9.06. The van der Waals surface area contributed by atoms with Crippen LogP contribution in [0.4, 0.5) is 5.13 Å². The van der Waals surface area contributed by atoms with Crippen LogP contribution in [0.5, 0.6) is 0 Å². The first kappa shape index (κ1) is 16.1. The number of rotatable bonds is 4. The number of thiazole rings is 1. The zero-order valence-corrected chi connectivity index (χ0v) is 15.0. The van der Waals surface area contributed by atoms with Crippen molar-refractivity contribution in [3.8, 4) is 0 Å². The second-order valence-electron chi connectivity index (χ2n) is 6.45. The van der Waals surface area contributed by atoms with Gasteiger partial charge in [0.15, 0.2) is 5.13 Å². The van der Waals surface area contributed by atoms with Crippen LogP contribution in [0.2, 0.25) is 0 Å². The fourth-order valence-electron chi connectivity index (χ4n) is 2.26. The standard InChI is InChI=1S/C15H27N3S2/c1-6-12-13(9-16-15(3,4)5)20-14(17-12)18-7-8-19-11(2)10-18/h11,16H,6-10H2,1-5H3. The number of nitrogens with one attached hydrogen (secondary N) is 1. The number of thioether (sulfide) groups is 1. The predicted octanol–water partition coefficient (Wildman–Crippen LogP) is 3.54. The summed E-state index contributed by atoms with van der Waals surface area (Å²) in [6, 6.07) is 0. The Balaban J connectivity index is 2.09. The summed E-state index contributed by atoms with van der Waals surface area (Å²) in [5.41, 5.74) is 1.43. The molecule has 1 aromatic rings. The van der Waals surface area contributed by atoms with Gasteiger partial charge in [0.05, 0.1) is 5.69 Å². The van der Waals surface area contributed by atoms with Gasteiger partial charge in [-0.05, 0) is 27.2 Å². The molecule has 0 saturated carbocycles. The van der Waals surface area contributed by atoms with Gasteiger partial charge < -0.3 is 10.2 Å². The van der Waals surface area contributed by atoms with Crippen LogP contribution in [0.1, 0.15) is 45.2 Å². The van der Waals surface area contributed by atoms with Crippen molar-refractivity contribution < 1.29 is 0 Å². The molecule has 0 aliphatic carbocycles. The minimum Gasteiger partial charge on any atom is -0.346 e. The van der Waals surface area contributed by atoms with Gasteiger partial charge in [-0.1, -0.05) is 13.8 Å². The third kappa shape index (κ3) is 4.37. The maximum atomic E-state index is 4.88. The lowest BCUT2D eigenvalue weighted by Crippen LogP contribution is -2.36. The summed E-state index contributed by atoms with van der Waals surface area (Å²) < 4.78 is 0. The number of aromatic nitrogens is 1. The molecule has 1 saturated heterocycles. The van der Waals surface area contributed by atoms with Crippen molar-refractivity contribution in [2.75, 3.05) is 23.7 Å². The molecule has 1 atom stereocenters. The van der Waals surface area contributed by atoms with Crippen LogP contribution in [0.3, 0.4) is 0 Å². The van der Waals surface area contributed by atoms with E-state index in [2.05, 4.69) is 56.6 Å². The first-order valence-corrected chi connectivity index (χ1v) is 9.35. The minimum absolute atomic E-state index is 0.158. The third-order valence-corrected chi connectivity index (χ3v) is 5.69. The highest BCUT2D eigenvalue weighted by molar-refractivity contribution is 8.00. The average Bonchev–Trinajstić information content (AvgIpc) is 2.79. The van der Waals surface area contributed by atoms with Gasteiger partial charge in [-0.15, -0.1) is 11.3 Å². The largest absolute Gasteiger partial charge is 0.346 e. The summed E-state index contributed by atoms with van der Waals surface area (Å²) in [6.07, 6.45) is 1.02. The third-order valence-electron chi connectivity index (χ3n) is 3.39. The molecule has 0 bridgehead atoms. The zero-order valence-electron chi connectivity index (χ0n) is 13.3. The molecule has 2 rings (SSSR count). The van der Waals surface area contributed by atoms with E-state index in [1.165, 1.54) is 21.5 Å². The van der Waals surface area contributed by atoms with Gasteiger partial charge in [-0.2, -0.15) is 11.8 Å². The molecule has 3 nitrogen and oxygen atoms in total. The summed E-state index contributed by atoms with van der Waals surface area (Å²) in [5.74, 6) is 1.22. The van der Waals surface area contributed by atoms with Crippen molar-refractivity contribution in [1.82, 2.24) is 10.3 Å². The molecular weight excluding hydrogens is 286 g/mol. The molecule has 114 valence electrons. The van der Waals surface area contributed by atoms with Gasteiger partial charge >= 0.3 is 0 Å². The number of anilines is 1. The minimum atomic E-state index is 0.158. The van der Waals surface area contributed by atoms with Crippen LogP contribution in [0.15, 0.2) is 0 Å². The Hall–Kier alpha value is -0.260. The Morgan fingerprint density at radius 1 is 1.40 bits per heavy atom. The van der Waals surface area contributed by atoms with Crippen LogP contribution in [-0.2, 0) is 13.0 Å². The van der Waals surface area contributed by atoms with Gasteiger partial charge in [0.1, 0.15) is 0 Å². The van der Waals surface area contributed by atoms with Crippen LogP contribution in [0, 0.1) is 0 Å². The predicted molar refractivity (Wildman–Crippen MR) is 92.2 cm³/mol. The molecule has 1 aliphatic heterocycles. The van der Waals surface area contributed by atoms with Crippen molar-refractivity contribution in [3.05, 3.63) is 10.6 Å². The lowest BCUT2D eigenvalue weighted by Gasteiger charge is -2.30. The lowest BCUT2D eigenvalue weighted by atomic mass is 10.1. The van der Waals surface area contributed by atoms with E-state index >= 15 is 0 Å². The van der Waals surface area contributed by atoms with Gasteiger partial charge in [0.2, 0.25) is 0 Å². The van der Waals surface area contributed by atoms with Crippen molar-refractivity contribution in [2.45, 2.75) is 58.4 Å². The maximum Gasteiger partial charge on any atom is 0.185 e. The zero-order chi connectivity index (χ0) is 14.8. The van der Waals surface area contributed by atoms with E-state index in [9.17, 15) is 0 Å². The molecule has 0 radical (unpaired) electrons. The van der Waals surface area contributed by atoms with E-state index in [-0.39, 0.29) is 5.54 Å². The number of aryl methyl sites for hydroxylation is 1. The molecule has 0 amide bonds. The summed E-state index contributed by atoms with van der Waals surface area (Å²) in [6.45, 7) is 14.4. The van der Waals surface area contributed by atoms with Gasteiger partial charge in [0, 0.05) is 41.1 Å².